The van der Waals surface area contributed by atoms with Gasteiger partial charge in [0.2, 0.25) is 17.7 Å². The number of imide groups is 1. The Balaban J connectivity index is 1.39. The summed E-state index contributed by atoms with van der Waals surface area (Å²) in [5.74, 6) is 0.145. The first-order chi connectivity index (χ1) is 12.9. The molecule has 27 heavy (non-hydrogen) atoms. The monoisotopic (exact) mass is 384 g/mol. The molecule has 1 aromatic carbocycles. The molecule has 1 aromatic rings. The van der Waals surface area contributed by atoms with Gasteiger partial charge in [0.1, 0.15) is 6.04 Å². The van der Waals surface area contributed by atoms with E-state index in [1.165, 1.54) is 4.90 Å². The molecule has 7 atom stereocenters. The number of likely N-dealkylation sites (tertiary alicyclic amines) is 1. The Bertz CT molecular complexity index is 875. The number of allylic oxidation sites excluding steroid dienone is 2. The minimum absolute atomic E-state index is 0.164. The summed E-state index contributed by atoms with van der Waals surface area (Å²) in [6.45, 7) is 3.49. The van der Waals surface area contributed by atoms with Crippen LogP contribution in [-0.2, 0) is 14.4 Å². The van der Waals surface area contributed by atoms with Crippen molar-refractivity contribution in [2.45, 2.75) is 26.3 Å². The number of nitrogens with zero attached hydrogens (tertiary/aromatic N) is 1. The summed E-state index contributed by atoms with van der Waals surface area (Å²) in [6, 6.07) is 4.40. The zero-order chi connectivity index (χ0) is 19.0. The lowest BCUT2D eigenvalue weighted by atomic mass is 9.63. The first kappa shape index (κ1) is 17.0. The maximum atomic E-state index is 13.1. The number of hydrogen-bond donors (Lipinski definition) is 1. The van der Waals surface area contributed by atoms with Gasteiger partial charge in [-0.25, -0.2) is 0 Å². The molecule has 5 aliphatic rings. The van der Waals surface area contributed by atoms with E-state index in [1.807, 2.05) is 13.0 Å². The highest BCUT2D eigenvalue weighted by Gasteiger charge is 2.67. The van der Waals surface area contributed by atoms with E-state index in [0.29, 0.717) is 22.5 Å². The fraction of sp³-hybridized carbons (Fsp3) is 0.476. The van der Waals surface area contributed by atoms with Crippen molar-refractivity contribution in [1.82, 2.24) is 4.90 Å². The molecule has 1 heterocycles. The van der Waals surface area contributed by atoms with Crippen LogP contribution in [0.5, 0.6) is 0 Å². The van der Waals surface area contributed by atoms with E-state index in [4.69, 9.17) is 11.6 Å². The number of rotatable bonds is 3. The molecule has 3 amide bonds. The van der Waals surface area contributed by atoms with Crippen LogP contribution in [0, 0.1) is 42.4 Å². The lowest BCUT2D eigenvalue weighted by Gasteiger charge is -2.37. The van der Waals surface area contributed by atoms with Gasteiger partial charge < -0.3 is 5.32 Å². The van der Waals surface area contributed by atoms with Crippen molar-refractivity contribution < 1.29 is 14.4 Å². The Morgan fingerprint density at radius 3 is 2.33 bits per heavy atom. The van der Waals surface area contributed by atoms with E-state index in [0.717, 1.165) is 12.0 Å². The van der Waals surface area contributed by atoms with Crippen molar-refractivity contribution in [3.63, 3.8) is 0 Å². The van der Waals surface area contributed by atoms with Gasteiger partial charge in [-0.05, 0) is 61.6 Å². The van der Waals surface area contributed by atoms with Crippen molar-refractivity contribution in [3.8, 4) is 0 Å². The van der Waals surface area contributed by atoms with Gasteiger partial charge in [-0.2, -0.15) is 0 Å². The highest BCUT2D eigenvalue weighted by molar-refractivity contribution is 6.31. The summed E-state index contributed by atoms with van der Waals surface area (Å²) in [4.78, 5) is 40.2. The predicted molar refractivity (Wildman–Crippen MR) is 101 cm³/mol. The van der Waals surface area contributed by atoms with Gasteiger partial charge in [-0.1, -0.05) is 29.8 Å². The number of carbonyl (C=O) groups excluding carboxylic acids is 3. The summed E-state index contributed by atoms with van der Waals surface area (Å²) in [6.07, 6.45) is 5.39. The fourth-order valence-corrected chi connectivity index (χ4v) is 5.62. The molecular formula is C21H21ClN2O3. The average molecular weight is 385 g/mol. The number of hydrogen-bond acceptors (Lipinski definition) is 3. The molecule has 0 aromatic heterocycles. The van der Waals surface area contributed by atoms with Crippen LogP contribution in [0.3, 0.4) is 0 Å². The number of amides is 3. The first-order valence-electron chi connectivity index (χ1n) is 9.50. The molecular weight excluding hydrogens is 364 g/mol. The predicted octanol–water partition coefficient (Wildman–Crippen LogP) is 3.03. The van der Waals surface area contributed by atoms with Crippen LogP contribution in [0.25, 0.3) is 0 Å². The van der Waals surface area contributed by atoms with Crippen LogP contribution in [0.4, 0.5) is 5.69 Å². The molecule has 6 rings (SSSR count). The van der Waals surface area contributed by atoms with Crippen molar-refractivity contribution >= 4 is 35.0 Å². The summed E-state index contributed by atoms with van der Waals surface area (Å²) >= 11 is 6.02. The third-order valence-electron chi connectivity index (χ3n) is 6.92. The van der Waals surface area contributed by atoms with Gasteiger partial charge in [0.05, 0.1) is 11.8 Å². The van der Waals surface area contributed by atoms with E-state index in [9.17, 15) is 14.4 Å². The maximum Gasteiger partial charge on any atom is 0.247 e. The van der Waals surface area contributed by atoms with Crippen LogP contribution in [-0.4, -0.2) is 28.7 Å². The quantitative estimate of drug-likeness (QED) is 0.643. The van der Waals surface area contributed by atoms with E-state index >= 15 is 0 Å². The summed E-state index contributed by atoms with van der Waals surface area (Å²) in [5, 5.41) is 3.34. The highest BCUT2D eigenvalue weighted by atomic mass is 35.5. The minimum atomic E-state index is -0.843. The number of nitrogens with one attached hydrogen (secondary N) is 1. The molecule has 1 N–H and O–H groups in total. The van der Waals surface area contributed by atoms with E-state index in [-0.39, 0.29) is 41.4 Å². The highest BCUT2D eigenvalue weighted by Crippen LogP contribution is 2.65. The SMILES string of the molecule is Cc1ccc(Cl)cc1NC(=O)[C@H](C)N1C(=O)[C@@H]2[C@H]3C=C[C@@H]([C@@H]4C[C@@H]34)[C@@H]2C1=O. The van der Waals surface area contributed by atoms with Crippen molar-refractivity contribution in [2.24, 2.45) is 35.5 Å². The van der Waals surface area contributed by atoms with Gasteiger partial charge >= 0.3 is 0 Å². The van der Waals surface area contributed by atoms with Crippen LogP contribution < -0.4 is 5.32 Å². The molecule has 3 fully saturated rings. The fourth-order valence-electron chi connectivity index (χ4n) is 5.45. The lowest BCUT2D eigenvalue weighted by molar-refractivity contribution is -0.146. The number of benzene rings is 1. The lowest BCUT2D eigenvalue weighted by Crippen LogP contribution is -2.46. The van der Waals surface area contributed by atoms with Gasteiger partial charge in [-0.15, -0.1) is 0 Å². The molecule has 140 valence electrons. The summed E-state index contributed by atoms with van der Waals surface area (Å²) in [5.41, 5.74) is 1.47. The molecule has 0 spiro atoms. The zero-order valence-corrected chi connectivity index (χ0v) is 15.9. The molecule has 2 bridgehead atoms. The molecule has 0 unspecified atom stereocenters. The minimum Gasteiger partial charge on any atom is -0.324 e. The van der Waals surface area contributed by atoms with Crippen molar-refractivity contribution in [2.75, 3.05) is 5.32 Å². The number of anilines is 1. The van der Waals surface area contributed by atoms with Crippen LogP contribution in [0.1, 0.15) is 18.9 Å². The van der Waals surface area contributed by atoms with E-state index < -0.39 is 6.04 Å². The second-order valence-electron chi connectivity index (χ2n) is 8.33. The number of carbonyl (C=O) groups is 3. The molecule has 0 radical (unpaired) electrons. The first-order valence-corrected chi connectivity index (χ1v) is 9.88. The van der Waals surface area contributed by atoms with Crippen LogP contribution >= 0.6 is 11.6 Å². The molecule has 1 aliphatic heterocycles. The standard InChI is InChI=1S/C21H21ClN2O3/c1-9-3-4-11(22)7-16(9)23-19(25)10(2)24-20(26)17-12-5-6-13(15-8-14(12)15)18(17)21(24)27/h3-7,10,12-15,17-18H,8H2,1-2H3,(H,23,25)/t10-,12-,13-,14-,15-,17-,18+/m0/s1. The smallest absolute Gasteiger partial charge is 0.247 e. The molecule has 5 nitrogen and oxygen atoms in total. The third-order valence-corrected chi connectivity index (χ3v) is 7.16. The number of aryl methyl sites for hydroxylation is 1. The second-order valence-corrected chi connectivity index (χ2v) is 8.76. The van der Waals surface area contributed by atoms with Gasteiger partial charge in [-0.3, -0.25) is 19.3 Å². The largest absolute Gasteiger partial charge is 0.324 e. The van der Waals surface area contributed by atoms with E-state index in [1.54, 1.807) is 19.1 Å². The molecule has 4 aliphatic carbocycles. The Morgan fingerprint density at radius 2 is 1.74 bits per heavy atom. The third kappa shape index (κ3) is 2.34. The Hall–Kier alpha value is -2.14. The van der Waals surface area contributed by atoms with Crippen LogP contribution in [0.2, 0.25) is 5.02 Å². The van der Waals surface area contributed by atoms with E-state index in [2.05, 4.69) is 17.5 Å². The normalized spacial score (nSPS) is 36.5. The average Bonchev–Trinajstić information content (AvgIpc) is 3.42. The van der Waals surface area contributed by atoms with Crippen LogP contribution in [0.15, 0.2) is 30.4 Å². The number of halogens is 1. The Kier molecular flexibility index (Phi) is 3.57. The van der Waals surface area contributed by atoms with Gasteiger partial charge in [0, 0.05) is 10.7 Å². The van der Waals surface area contributed by atoms with Crippen molar-refractivity contribution in [3.05, 3.63) is 40.9 Å². The Morgan fingerprint density at radius 1 is 1.15 bits per heavy atom. The second kappa shape index (κ2) is 5.68. The summed E-state index contributed by atoms with van der Waals surface area (Å²) in [7, 11) is 0. The molecule has 1 saturated heterocycles. The maximum absolute atomic E-state index is 13.1. The Labute approximate surface area is 162 Å². The topological polar surface area (TPSA) is 66.5 Å². The van der Waals surface area contributed by atoms with Gasteiger partial charge in [0.25, 0.3) is 0 Å². The summed E-state index contributed by atoms with van der Waals surface area (Å²) < 4.78 is 0. The molecule has 2 saturated carbocycles. The van der Waals surface area contributed by atoms with Crippen molar-refractivity contribution in [1.29, 1.82) is 0 Å². The van der Waals surface area contributed by atoms with Gasteiger partial charge in [0.15, 0.2) is 0 Å². The molecule has 6 heteroatoms. The zero-order valence-electron chi connectivity index (χ0n) is 15.2.